The van der Waals surface area contributed by atoms with Crippen LogP contribution in [0.15, 0.2) is 0 Å². The lowest BCUT2D eigenvalue weighted by atomic mass is 9.67. The molecule has 1 rings (SSSR count). The van der Waals surface area contributed by atoms with Gasteiger partial charge in [-0.25, -0.2) is 0 Å². The van der Waals surface area contributed by atoms with Gasteiger partial charge in [-0.3, -0.25) is 4.79 Å². The molecule has 0 heterocycles. The quantitative estimate of drug-likeness (QED) is 0.705. The summed E-state index contributed by atoms with van der Waals surface area (Å²) < 4.78 is 0. The first-order chi connectivity index (χ1) is 6.63. The Morgan fingerprint density at radius 3 is 2.57 bits per heavy atom. The summed E-state index contributed by atoms with van der Waals surface area (Å²) in [6, 6.07) is 0. The highest BCUT2D eigenvalue weighted by Gasteiger charge is 2.35. The Labute approximate surface area is 91.4 Å². The molecule has 0 radical (unpaired) electrons. The number of hydrogen-bond acceptors (Lipinski definition) is 1. The molecule has 0 aromatic carbocycles. The molecule has 1 aliphatic rings. The van der Waals surface area contributed by atoms with E-state index in [0.29, 0.717) is 11.3 Å². The van der Waals surface area contributed by atoms with Crippen molar-refractivity contribution in [1.29, 1.82) is 0 Å². The molecule has 0 bridgehead atoms. The van der Waals surface area contributed by atoms with E-state index in [0.717, 1.165) is 6.54 Å². The number of rotatable bonds is 5. The third-order valence-electron chi connectivity index (χ3n) is 3.48. The molecule has 0 aromatic heterocycles. The van der Waals surface area contributed by atoms with Gasteiger partial charge in [-0.2, -0.15) is 0 Å². The van der Waals surface area contributed by atoms with Crippen molar-refractivity contribution in [3.63, 3.8) is 0 Å². The zero-order valence-corrected chi connectivity index (χ0v) is 9.86. The first-order valence-electron chi connectivity index (χ1n) is 5.47. The number of amides is 1. The topological polar surface area (TPSA) is 29.1 Å². The van der Waals surface area contributed by atoms with E-state index in [1.54, 1.807) is 0 Å². The predicted molar refractivity (Wildman–Crippen MR) is 59.5 cm³/mol. The highest BCUT2D eigenvalue weighted by Crippen LogP contribution is 2.43. The van der Waals surface area contributed by atoms with Crippen LogP contribution in [-0.2, 0) is 4.79 Å². The van der Waals surface area contributed by atoms with Crippen LogP contribution in [0.2, 0.25) is 0 Å². The van der Waals surface area contributed by atoms with Crippen LogP contribution in [-0.4, -0.2) is 18.3 Å². The van der Waals surface area contributed by atoms with E-state index < -0.39 is 0 Å². The Kier molecular flexibility index (Phi) is 4.24. The minimum Gasteiger partial charge on any atom is -0.355 e. The number of hydrogen-bond donors (Lipinski definition) is 1. The van der Waals surface area contributed by atoms with E-state index in [9.17, 15) is 4.79 Å². The van der Waals surface area contributed by atoms with Gasteiger partial charge in [0.15, 0.2) is 0 Å². The van der Waals surface area contributed by atoms with E-state index in [2.05, 4.69) is 12.2 Å². The molecule has 1 saturated carbocycles. The van der Waals surface area contributed by atoms with E-state index in [-0.39, 0.29) is 11.8 Å². The minimum absolute atomic E-state index is 0.0642. The Morgan fingerprint density at radius 1 is 1.57 bits per heavy atom. The number of carbonyl (C=O) groups excluding carboxylic acids is 1. The van der Waals surface area contributed by atoms with Gasteiger partial charge in [0, 0.05) is 18.3 Å². The van der Waals surface area contributed by atoms with E-state index in [1.807, 2.05) is 6.92 Å². The van der Waals surface area contributed by atoms with Crippen LogP contribution < -0.4 is 5.32 Å². The van der Waals surface area contributed by atoms with Gasteiger partial charge in [-0.1, -0.05) is 20.3 Å². The lowest BCUT2D eigenvalue weighted by Crippen LogP contribution is -2.43. The molecule has 82 valence electrons. The molecule has 1 atom stereocenters. The molecule has 0 aliphatic heterocycles. The van der Waals surface area contributed by atoms with Crippen LogP contribution in [0.3, 0.4) is 0 Å². The van der Waals surface area contributed by atoms with Crippen LogP contribution in [0.4, 0.5) is 0 Å². The number of carbonyl (C=O) groups is 1. The average Bonchev–Trinajstić information content (AvgIpc) is 2.15. The molecule has 1 amide bonds. The summed E-state index contributed by atoms with van der Waals surface area (Å²) >= 11 is 5.62. The summed E-state index contributed by atoms with van der Waals surface area (Å²) in [5.74, 6) is 0.440. The second-order valence-corrected chi connectivity index (χ2v) is 4.79. The molecule has 1 unspecified atom stereocenters. The number of nitrogens with one attached hydrogen (secondary N) is 1. The van der Waals surface area contributed by atoms with Gasteiger partial charge in [0.05, 0.1) is 0 Å². The highest BCUT2D eigenvalue weighted by atomic mass is 35.5. The lowest BCUT2D eigenvalue weighted by molar-refractivity contribution is -0.124. The van der Waals surface area contributed by atoms with Gasteiger partial charge in [-0.15, -0.1) is 11.6 Å². The molecule has 0 spiro atoms. The van der Waals surface area contributed by atoms with Crippen LogP contribution >= 0.6 is 11.6 Å². The summed E-state index contributed by atoms with van der Waals surface area (Å²) in [6.45, 7) is 4.90. The third-order valence-corrected chi connectivity index (χ3v) is 3.94. The smallest absolute Gasteiger partial charge is 0.224 e. The van der Waals surface area contributed by atoms with Crippen LogP contribution in [0.5, 0.6) is 0 Å². The SMILES string of the molecule is CCC1(CNC(=O)C(C)CCl)CCC1. The van der Waals surface area contributed by atoms with Gasteiger partial charge < -0.3 is 5.32 Å². The Balaban J connectivity index is 2.28. The van der Waals surface area contributed by atoms with Crippen LogP contribution in [0.25, 0.3) is 0 Å². The van der Waals surface area contributed by atoms with Gasteiger partial charge in [0.1, 0.15) is 0 Å². The van der Waals surface area contributed by atoms with Crippen molar-refractivity contribution in [1.82, 2.24) is 5.32 Å². The average molecular weight is 218 g/mol. The molecule has 1 N–H and O–H groups in total. The molecule has 3 heteroatoms. The van der Waals surface area contributed by atoms with Crippen molar-refractivity contribution in [2.24, 2.45) is 11.3 Å². The normalized spacial score (nSPS) is 21.1. The Hall–Kier alpha value is -0.240. The first kappa shape index (κ1) is 11.8. The molecule has 1 fully saturated rings. The standard InChI is InChI=1S/C11H20ClNO/c1-3-11(5-4-6-11)8-13-10(14)9(2)7-12/h9H,3-8H2,1-2H3,(H,13,14). The van der Waals surface area contributed by atoms with Crippen molar-refractivity contribution in [3.8, 4) is 0 Å². The summed E-state index contributed by atoms with van der Waals surface area (Å²) in [5.41, 5.74) is 0.404. The van der Waals surface area contributed by atoms with Crippen molar-refractivity contribution >= 4 is 17.5 Å². The zero-order chi connectivity index (χ0) is 10.6. The maximum Gasteiger partial charge on any atom is 0.224 e. The van der Waals surface area contributed by atoms with E-state index in [1.165, 1.54) is 25.7 Å². The van der Waals surface area contributed by atoms with Gasteiger partial charge in [-0.05, 0) is 24.7 Å². The fourth-order valence-corrected chi connectivity index (χ4v) is 1.99. The minimum atomic E-state index is -0.0642. The fourth-order valence-electron chi connectivity index (χ4n) is 1.85. The molecule has 1 aliphatic carbocycles. The first-order valence-corrected chi connectivity index (χ1v) is 6.01. The zero-order valence-electron chi connectivity index (χ0n) is 9.11. The number of halogens is 1. The monoisotopic (exact) mass is 217 g/mol. The third kappa shape index (κ3) is 2.63. The maximum atomic E-state index is 11.5. The molecule has 14 heavy (non-hydrogen) atoms. The van der Waals surface area contributed by atoms with Gasteiger partial charge in [0.25, 0.3) is 0 Å². The molecule has 0 aromatic rings. The molecular formula is C11H20ClNO. The summed E-state index contributed by atoms with van der Waals surface area (Å²) in [5, 5.41) is 3.00. The van der Waals surface area contributed by atoms with Crippen LogP contribution in [0.1, 0.15) is 39.5 Å². The predicted octanol–water partition coefficient (Wildman–Crippen LogP) is 2.56. The van der Waals surface area contributed by atoms with Crippen LogP contribution in [0, 0.1) is 11.3 Å². The molecule has 0 saturated heterocycles. The molecular weight excluding hydrogens is 198 g/mol. The number of alkyl halides is 1. The largest absolute Gasteiger partial charge is 0.355 e. The summed E-state index contributed by atoms with van der Waals surface area (Å²) in [7, 11) is 0. The maximum absolute atomic E-state index is 11.5. The Morgan fingerprint density at radius 2 is 2.21 bits per heavy atom. The van der Waals surface area contributed by atoms with Gasteiger partial charge in [0.2, 0.25) is 5.91 Å². The van der Waals surface area contributed by atoms with E-state index >= 15 is 0 Å². The van der Waals surface area contributed by atoms with Crippen molar-refractivity contribution in [3.05, 3.63) is 0 Å². The fraction of sp³-hybridized carbons (Fsp3) is 0.909. The molecule has 2 nitrogen and oxygen atoms in total. The van der Waals surface area contributed by atoms with Gasteiger partial charge >= 0.3 is 0 Å². The highest BCUT2D eigenvalue weighted by molar-refractivity contribution is 6.19. The summed E-state index contributed by atoms with van der Waals surface area (Å²) in [4.78, 5) is 11.5. The van der Waals surface area contributed by atoms with Crippen molar-refractivity contribution in [2.45, 2.75) is 39.5 Å². The van der Waals surface area contributed by atoms with Crippen molar-refractivity contribution < 1.29 is 4.79 Å². The van der Waals surface area contributed by atoms with Crippen molar-refractivity contribution in [2.75, 3.05) is 12.4 Å². The lowest BCUT2D eigenvalue weighted by Gasteiger charge is -2.41. The Bertz CT molecular complexity index is 196. The summed E-state index contributed by atoms with van der Waals surface area (Å²) in [6.07, 6.45) is 5.01. The second-order valence-electron chi connectivity index (χ2n) is 4.48. The second kappa shape index (κ2) is 5.01. The van der Waals surface area contributed by atoms with E-state index in [4.69, 9.17) is 11.6 Å².